The van der Waals surface area contributed by atoms with Crippen molar-refractivity contribution in [1.82, 2.24) is 4.98 Å². The zero-order chi connectivity index (χ0) is 25.4. The van der Waals surface area contributed by atoms with E-state index in [9.17, 15) is 20.1 Å². The monoisotopic (exact) mass is 485 g/mol. The number of nitriles is 2. The first-order valence-electron chi connectivity index (χ1n) is 10.8. The van der Waals surface area contributed by atoms with Crippen LogP contribution < -0.4 is 11.1 Å². The Morgan fingerprint density at radius 2 is 1.71 bits per heavy atom. The van der Waals surface area contributed by atoms with Gasteiger partial charge in [-0.25, -0.2) is 9.78 Å². The number of anilines is 2. The van der Waals surface area contributed by atoms with Crippen LogP contribution in [0.15, 0.2) is 53.6 Å². The summed E-state index contributed by atoms with van der Waals surface area (Å²) >= 11 is 1.22. The molecule has 0 bridgehead atoms. The number of aryl methyl sites for hydroxylation is 1. The minimum atomic E-state index is -0.422. The molecule has 9 heteroatoms. The van der Waals surface area contributed by atoms with Crippen LogP contribution in [0.1, 0.15) is 40.4 Å². The summed E-state index contributed by atoms with van der Waals surface area (Å²) in [6.07, 6.45) is 0.149. The van der Waals surface area contributed by atoms with Gasteiger partial charge >= 0.3 is 5.97 Å². The van der Waals surface area contributed by atoms with E-state index in [1.807, 2.05) is 31.2 Å². The fourth-order valence-corrected chi connectivity index (χ4v) is 4.22. The number of hydrogen-bond acceptors (Lipinski definition) is 8. The topological polar surface area (TPSA) is 142 Å². The van der Waals surface area contributed by atoms with Crippen LogP contribution in [0, 0.1) is 29.6 Å². The van der Waals surface area contributed by atoms with Crippen LogP contribution in [-0.2, 0) is 9.53 Å². The average Bonchev–Trinajstić information content (AvgIpc) is 2.85. The lowest BCUT2D eigenvalue weighted by Crippen LogP contribution is -2.13. The molecule has 0 unspecified atom stereocenters. The van der Waals surface area contributed by atoms with Crippen molar-refractivity contribution in [3.8, 4) is 23.3 Å². The van der Waals surface area contributed by atoms with Crippen molar-refractivity contribution >= 4 is 35.1 Å². The number of amides is 1. The van der Waals surface area contributed by atoms with Crippen molar-refractivity contribution in [3.63, 3.8) is 0 Å². The van der Waals surface area contributed by atoms with Crippen molar-refractivity contribution in [1.29, 1.82) is 10.5 Å². The van der Waals surface area contributed by atoms with Gasteiger partial charge in [0, 0.05) is 23.4 Å². The second-order valence-electron chi connectivity index (χ2n) is 7.46. The lowest BCUT2D eigenvalue weighted by molar-refractivity contribution is -0.115. The van der Waals surface area contributed by atoms with E-state index in [1.54, 1.807) is 31.2 Å². The maximum atomic E-state index is 12.4. The van der Waals surface area contributed by atoms with Gasteiger partial charge in [0.2, 0.25) is 5.91 Å². The summed E-state index contributed by atoms with van der Waals surface area (Å²) in [7, 11) is 0. The maximum absolute atomic E-state index is 12.4. The largest absolute Gasteiger partial charge is 0.462 e. The smallest absolute Gasteiger partial charge is 0.338 e. The van der Waals surface area contributed by atoms with Gasteiger partial charge in [0.1, 0.15) is 28.5 Å². The van der Waals surface area contributed by atoms with E-state index in [-0.39, 0.29) is 35.9 Å². The molecule has 3 N–H and O–H groups in total. The summed E-state index contributed by atoms with van der Waals surface area (Å²) in [6, 6.07) is 18.1. The maximum Gasteiger partial charge on any atom is 0.338 e. The third-order valence-corrected chi connectivity index (χ3v) is 5.98. The Balaban J connectivity index is 1.71. The number of esters is 1. The Hall–Kier alpha value is -4.34. The molecule has 0 atom stereocenters. The number of carbonyl (C=O) groups excluding carboxylic acids is 2. The molecule has 1 heterocycles. The lowest BCUT2D eigenvalue weighted by atomic mass is 9.96. The molecule has 1 aromatic heterocycles. The molecule has 3 rings (SSSR count). The third-order valence-electron chi connectivity index (χ3n) is 5.00. The van der Waals surface area contributed by atoms with Gasteiger partial charge in [0.05, 0.1) is 17.7 Å². The third kappa shape index (κ3) is 6.17. The molecule has 176 valence electrons. The number of nitrogens with one attached hydrogen (secondary N) is 1. The van der Waals surface area contributed by atoms with E-state index >= 15 is 0 Å². The van der Waals surface area contributed by atoms with E-state index in [4.69, 9.17) is 10.5 Å². The molecule has 1 amide bonds. The fourth-order valence-electron chi connectivity index (χ4n) is 3.28. The highest BCUT2D eigenvalue weighted by molar-refractivity contribution is 7.99. The van der Waals surface area contributed by atoms with Crippen molar-refractivity contribution in [2.75, 3.05) is 23.4 Å². The molecule has 0 saturated heterocycles. The number of aromatic nitrogens is 1. The number of nitrogens with two attached hydrogens (primary N) is 1. The second kappa shape index (κ2) is 11.7. The summed E-state index contributed by atoms with van der Waals surface area (Å²) in [6.45, 7) is 3.96. The van der Waals surface area contributed by atoms with Crippen LogP contribution in [0.2, 0.25) is 0 Å². The molecule has 0 spiro atoms. The number of ether oxygens (including phenoxy) is 1. The molecule has 0 fully saturated rings. The van der Waals surface area contributed by atoms with Gasteiger partial charge in [-0.15, -0.1) is 11.8 Å². The van der Waals surface area contributed by atoms with Crippen molar-refractivity contribution in [2.45, 2.75) is 25.3 Å². The highest BCUT2D eigenvalue weighted by Gasteiger charge is 2.20. The second-order valence-corrected chi connectivity index (χ2v) is 8.54. The highest BCUT2D eigenvalue weighted by Crippen LogP contribution is 2.35. The van der Waals surface area contributed by atoms with Gasteiger partial charge in [0.15, 0.2) is 0 Å². The summed E-state index contributed by atoms with van der Waals surface area (Å²) in [4.78, 5) is 28.4. The number of pyridine rings is 1. The number of benzene rings is 2. The van der Waals surface area contributed by atoms with E-state index < -0.39 is 5.97 Å². The number of hydrogen-bond donors (Lipinski definition) is 2. The van der Waals surface area contributed by atoms with Crippen LogP contribution in [-0.4, -0.2) is 29.2 Å². The summed E-state index contributed by atoms with van der Waals surface area (Å²) < 4.78 is 4.94. The summed E-state index contributed by atoms with van der Waals surface area (Å²) in [5.74, 6) is -0.280. The molecule has 0 saturated carbocycles. The predicted octanol–water partition coefficient (Wildman–Crippen LogP) is 4.68. The molecule has 35 heavy (non-hydrogen) atoms. The van der Waals surface area contributed by atoms with Gasteiger partial charge in [-0.3, -0.25) is 4.79 Å². The van der Waals surface area contributed by atoms with E-state index in [1.165, 1.54) is 11.8 Å². The Kier molecular flexibility index (Phi) is 8.44. The highest BCUT2D eigenvalue weighted by atomic mass is 32.2. The number of nitrogens with zero attached hydrogens (tertiary/aromatic N) is 3. The zero-order valence-corrected chi connectivity index (χ0v) is 20.1. The first kappa shape index (κ1) is 25.3. The van der Waals surface area contributed by atoms with E-state index in [0.717, 1.165) is 5.56 Å². The van der Waals surface area contributed by atoms with Crippen molar-refractivity contribution in [2.24, 2.45) is 0 Å². The van der Waals surface area contributed by atoms with Crippen LogP contribution >= 0.6 is 11.8 Å². The van der Waals surface area contributed by atoms with Gasteiger partial charge in [0.25, 0.3) is 0 Å². The van der Waals surface area contributed by atoms with Gasteiger partial charge < -0.3 is 15.8 Å². The number of thioether (sulfide) groups is 1. The lowest BCUT2D eigenvalue weighted by Gasteiger charge is -2.13. The zero-order valence-electron chi connectivity index (χ0n) is 19.3. The number of carbonyl (C=O) groups is 2. The van der Waals surface area contributed by atoms with E-state index in [0.29, 0.717) is 33.2 Å². The minimum Gasteiger partial charge on any atom is -0.462 e. The summed E-state index contributed by atoms with van der Waals surface area (Å²) in [5, 5.41) is 22.6. The predicted molar refractivity (Wildman–Crippen MR) is 135 cm³/mol. The summed E-state index contributed by atoms with van der Waals surface area (Å²) in [5.41, 5.74) is 9.58. The molecule has 0 aliphatic heterocycles. The van der Waals surface area contributed by atoms with Crippen molar-refractivity contribution < 1.29 is 14.3 Å². The molecular weight excluding hydrogens is 462 g/mol. The van der Waals surface area contributed by atoms with Gasteiger partial charge in [-0.1, -0.05) is 29.8 Å². The molecule has 0 aliphatic rings. The normalized spacial score (nSPS) is 10.2. The van der Waals surface area contributed by atoms with Crippen LogP contribution in [0.5, 0.6) is 0 Å². The molecule has 2 aromatic carbocycles. The van der Waals surface area contributed by atoms with Crippen LogP contribution in [0.4, 0.5) is 11.5 Å². The number of rotatable bonds is 8. The first-order chi connectivity index (χ1) is 16.9. The SMILES string of the molecule is CCOC(=O)c1ccc(NC(=O)CCSc2nc(N)c(C#N)c(-c3ccc(C)cc3)c2C#N)cc1. The minimum absolute atomic E-state index is 0.0377. The quantitative estimate of drug-likeness (QED) is 0.346. The molecule has 8 nitrogen and oxygen atoms in total. The van der Waals surface area contributed by atoms with Gasteiger partial charge in [-0.2, -0.15) is 10.5 Å². The average molecular weight is 486 g/mol. The molecule has 0 radical (unpaired) electrons. The molecule has 3 aromatic rings. The first-order valence-corrected chi connectivity index (χ1v) is 11.8. The fraction of sp³-hybridized carbons (Fsp3) is 0.192. The standard InChI is InChI=1S/C26H23N5O3S/c1-3-34-26(33)18-8-10-19(11-9-18)30-22(32)12-13-35-25-21(15-28)23(20(14-27)24(29)31-25)17-6-4-16(2)5-7-17/h4-11H,3,12-13H2,1-2H3,(H2,29,31)(H,30,32). The Bertz CT molecular complexity index is 1320. The Labute approximate surface area is 207 Å². The molecule has 0 aliphatic carbocycles. The van der Waals surface area contributed by atoms with Gasteiger partial charge in [-0.05, 0) is 43.7 Å². The van der Waals surface area contributed by atoms with Crippen LogP contribution in [0.25, 0.3) is 11.1 Å². The Morgan fingerprint density at radius 1 is 1.06 bits per heavy atom. The van der Waals surface area contributed by atoms with E-state index in [2.05, 4.69) is 22.4 Å². The molecular formula is C26H23N5O3S. The Morgan fingerprint density at radius 3 is 2.31 bits per heavy atom. The van der Waals surface area contributed by atoms with Crippen molar-refractivity contribution in [3.05, 3.63) is 70.8 Å². The van der Waals surface area contributed by atoms with Crippen LogP contribution in [0.3, 0.4) is 0 Å². The number of nitrogen functional groups attached to an aromatic ring is 1.